The summed E-state index contributed by atoms with van der Waals surface area (Å²) < 4.78 is 47.4. The van der Waals surface area contributed by atoms with Gasteiger partial charge in [0.2, 0.25) is 11.8 Å². The molecule has 31 heavy (non-hydrogen) atoms. The minimum atomic E-state index is -4.47. The summed E-state index contributed by atoms with van der Waals surface area (Å²) in [5.74, 6) is 0.149. The van der Waals surface area contributed by atoms with E-state index in [1.165, 1.54) is 23.6 Å². The van der Waals surface area contributed by atoms with Gasteiger partial charge in [0.15, 0.2) is 6.61 Å². The Morgan fingerprint density at radius 3 is 2.68 bits per heavy atom. The van der Waals surface area contributed by atoms with Crippen molar-refractivity contribution in [3.8, 4) is 11.6 Å². The molecule has 0 fully saturated rings. The largest absolute Gasteiger partial charge is 0.486 e. The number of nitrogens with zero attached hydrogens (tertiary/aromatic N) is 2. The summed E-state index contributed by atoms with van der Waals surface area (Å²) in [5.41, 5.74) is 0.910. The van der Waals surface area contributed by atoms with Gasteiger partial charge in [-0.15, -0.1) is 11.3 Å². The zero-order valence-electron chi connectivity index (χ0n) is 16.0. The molecule has 0 aliphatic heterocycles. The van der Waals surface area contributed by atoms with E-state index in [9.17, 15) is 18.0 Å². The van der Waals surface area contributed by atoms with Crippen LogP contribution in [0.15, 0.2) is 48.0 Å². The molecule has 0 aliphatic rings. The molecule has 3 aromatic rings. The summed E-state index contributed by atoms with van der Waals surface area (Å²) in [7, 11) is 0. The third kappa shape index (κ3) is 7.72. The molecule has 1 amide bonds. The first-order chi connectivity index (χ1) is 14.8. The Bertz CT molecular complexity index is 1010. The van der Waals surface area contributed by atoms with E-state index in [1.807, 2.05) is 0 Å². The van der Waals surface area contributed by atoms with Gasteiger partial charge in [0, 0.05) is 28.7 Å². The Kier molecular flexibility index (Phi) is 7.69. The van der Waals surface area contributed by atoms with Crippen molar-refractivity contribution in [1.82, 2.24) is 15.3 Å². The summed E-state index contributed by atoms with van der Waals surface area (Å²) in [5, 5.41) is 5.70. The van der Waals surface area contributed by atoms with Crippen LogP contribution in [-0.2, 0) is 24.4 Å². The second-order valence-electron chi connectivity index (χ2n) is 6.30. The van der Waals surface area contributed by atoms with Gasteiger partial charge in [-0.2, -0.15) is 13.2 Å². The van der Waals surface area contributed by atoms with E-state index in [-0.39, 0.29) is 31.4 Å². The first-order valence-corrected chi connectivity index (χ1v) is 10.3. The SMILES string of the molecule is O=C(Cc1csc(COc2ccc(Cl)cc2)n1)NCc1cccnc1OCC(F)(F)F. The van der Waals surface area contributed by atoms with Crippen LogP contribution in [0.5, 0.6) is 11.6 Å². The molecule has 0 spiro atoms. The lowest BCUT2D eigenvalue weighted by atomic mass is 10.2. The fraction of sp³-hybridized carbons (Fsp3) is 0.250. The summed E-state index contributed by atoms with van der Waals surface area (Å²) >= 11 is 7.19. The molecule has 1 N–H and O–H groups in total. The average Bonchev–Trinajstić information content (AvgIpc) is 3.17. The predicted molar refractivity (Wildman–Crippen MR) is 109 cm³/mol. The fourth-order valence-electron chi connectivity index (χ4n) is 2.43. The number of ether oxygens (including phenoxy) is 2. The van der Waals surface area contributed by atoms with Gasteiger partial charge in [-0.25, -0.2) is 9.97 Å². The molecule has 0 saturated carbocycles. The van der Waals surface area contributed by atoms with Gasteiger partial charge in [-0.1, -0.05) is 17.7 Å². The molecule has 3 rings (SSSR count). The van der Waals surface area contributed by atoms with E-state index < -0.39 is 12.8 Å². The van der Waals surface area contributed by atoms with E-state index in [2.05, 4.69) is 15.3 Å². The first kappa shape index (κ1) is 22.8. The Hall–Kier alpha value is -2.85. The molecule has 164 valence electrons. The quantitative estimate of drug-likeness (QED) is 0.495. The van der Waals surface area contributed by atoms with Crippen molar-refractivity contribution in [3.05, 3.63) is 69.3 Å². The minimum Gasteiger partial charge on any atom is -0.486 e. The fourth-order valence-corrected chi connectivity index (χ4v) is 3.26. The maximum Gasteiger partial charge on any atom is 0.422 e. The minimum absolute atomic E-state index is 0.0173. The summed E-state index contributed by atoms with van der Waals surface area (Å²) in [6, 6.07) is 10.0. The van der Waals surface area contributed by atoms with Crippen LogP contribution in [-0.4, -0.2) is 28.7 Å². The number of alkyl halides is 3. The highest BCUT2D eigenvalue weighted by atomic mass is 35.5. The molecule has 2 aromatic heterocycles. The standard InChI is InChI=1S/C20H17ClF3N3O3S/c21-14-3-5-16(6-4-14)29-10-18-27-15(11-31-18)8-17(28)26-9-13-2-1-7-25-19(13)30-12-20(22,23)24/h1-7,11H,8-10,12H2,(H,26,28). The van der Waals surface area contributed by atoms with Crippen LogP contribution < -0.4 is 14.8 Å². The Balaban J connectivity index is 1.48. The van der Waals surface area contributed by atoms with Crippen LogP contribution in [0.2, 0.25) is 5.02 Å². The predicted octanol–water partition coefficient (Wildman–Crippen LogP) is 4.57. The lowest BCUT2D eigenvalue weighted by molar-refractivity contribution is -0.154. The third-order valence-electron chi connectivity index (χ3n) is 3.82. The van der Waals surface area contributed by atoms with Crippen molar-refractivity contribution in [2.24, 2.45) is 0 Å². The van der Waals surface area contributed by atoms with E-state index in [0.717, 1.165) is 0 Å². The maximum atomic E-state index is 12.4. The Morgan fingerprint density at radius 1 is 1.16 bits per heavy atom. The number of nitrogens with one attached hydrogen (secondary N) is 1. The molecule has 11 heteroatoms. The Morgan fingerprint density at radius 2 is 1.94 bits per heavy atom. The van der Waals surface area contributed by atoms with Crippen molar-refractivity contribution in [1.29, 1.82) is 0 Å². The molecule has 6 nitrogen and oxygen atoms in total. The number of carbonyl (C=O) groups excluding carboxylic acids is 1. The molecule has 2 heterocycles. The van der Waals surface area contributed by atoms with Gasteiger partial charge < -0.3 is 14.8 Å². The highest BCUT2D eigenvalue weighted by molar-refractivity contribution is 7.09. The Labute approximate surface area is 185 Å². The summed E-state index contributed by atoms with van der Waals surface area (Å²) in [6.07, 6.45) is -3.13. The summed E-state index contributed by atoms with van der Waals surface area (Å²) in [6.45, 7) is -1.22. The van der Waals surface area contributed by atoms with Crippen LogP contribution in [0.4, 0.5) is 13.2 Å². The van der Waals surface area contributed by atoms with Gasteiger partial charge in [-0.05, 0) is 30.3 Å². The summed E-state index contributed by atoms with van der Waals surface area (Å²) in [4.78, 5) is 20.4. The van der Waals surface area contributed by atoms with Crippen LogP contribution in [0, 0.1) is 0 Å². The van der Waals surface area contributed by atoms with Crippen molar-refractivity contribution in [3.63, 3.8) is 0 Å². The van der Waals surface area contributed by atoms with Crippen molar-refractivity contribution >= 4 is 28.8 Å². The normalized spacial score (nSPS) is 11.2. The van der Waals surface area contributed by atoms with Gasteiger partial charge in [0.1, 0.15) is 17.4 Å². The first-order valence-electron chi connectivity index (χ1n) is 9.00. The highest BCUT2D eigenvalue weighted by Gasteiger charge is 2.29. The molecule has 0 saturated heterocycles. The molecular weight excluding hydrogens is 455 g/mol. The number of hydrogen-bond donors (Lipinski definition) is 1. The van der Waals surface area contributed by atoms with Crippen molar-refractivity contribution < 1.29 is 27.4 Å². The van der Waals surface area contributed by atoms with E-state index in [0.29, 0.717) is 27.0 Å². The van der Waals surface area contributed by atoms with Gasteiger partial charge in [-0.3, -0.25) is 4.79 Å². The van der Waals surface area contributed by atoms with Crippen LogP contribution in [0.3, 0.4) is 0 Å². The number of rotatable bonds is 9. The molecular formula is C20H17ClF3N3O3S. The number of pyridine rings is 1. The average molecular weight is 472 g/mol. The number of carbonyl (C=O) groups is 1. The van der Waals surface area contributed by atoms with Gasteiger partial charge in [0.05, 0.1) is 12.1 Å². The molecule has 0 bridgehead atoms. The zero-order chi connectivity index (χ0) is 22.3. The second kappa shape index (κ2) is 10.5. The number of amides is 1. The van der Waals surface area contributed by atoms with E-state index in [1.54, 1.807) is 35.7 Å². The molecule has 0 unspecified atom stereocenters. The highest BCUT2D eigenvalue weighted by Crippen LogP contribution is 2.20. The topological polar surface area (TPSA) is 73.3 Å². The number of hydrogen-bond acceptors (Lipinski definition) is 6. The van der Waals surface area contributed by atoms with E-state index >= 15 is 0 Å². The molecule has 0 radical (unpaired) electrons. The molecule has 1 aromatic carbocycles. The third-order valence-corrected chi connectivity index (χ3v) is 4.94. The number of aromatic nitrogens is 2. The van der Waals surface area contributed by atoms with Crippen molar-refractivity contribution in [2.75, 3.05) is 6.61 Å². The van der Waals surface area contributed by atoms with Gasteiger partial charge in [0.25, 0.3) is 0 Å². The monoisotopic (exact) mass is 471 g/mol. The lowest BCUT2D eigenvalue weighted by Gasteiger charge is -2.12. The lowest BCUT2D eigenvalue weighted by Crippen LogP contribution is -2.26. The van der Waals surface area contributed by atoms with Crippen molar-refractivity contribution in [2.45, 2.75) is 25.7 Å². The number of benzene rings is 1. The maximum absolute atomic E-state index is 12.4. The number of halogens is 4. The smallest absolute Gasteiger partial charge is 0.422 e. The second-order valence-corrected chi connectivity index (χ2v) is 7.68. The molecule has 0 aliphatic carbocycles. The van der Waals surface area contributed by atoms with Crippen LogP contribution in [0.1, 0.15) is 16.3 Å². The van der Waals surface area contributed by atoms with Crippen LogP contribution >= 0.6 is 22.9 Å². The van der Waals surface area contributed by atoms with E-state index in [4.69, 9.17) is 21.1 Å². The zero-order valence-corrected chi connectivity index (χ0v) is 17.6. The van der Waals surface area contributed by atoms with Gasteiger partial charge >= 0.3 is 6.18 Å². The molecule has 0 atom stereocenters. The number of thiazole rings is 1. The van der Waals surface area contributed by atoms with Crippen LogP contribution in [0.25, 0.3) is 0 Å².